The first-order chi connectivity index (χ1) is 8.17. The van der Waals surface area contributed by atoms with Crippen LogP contribution >= 0.6 is 11.8 Å². The lowest BCUT2D eigenvalue weighted by molar-refractivity contribution is -0.00126. The minimum absolute atomic E-state index is 0.291. The topological polar surface area (TPSA) is 38.5 Å². The van der Waals surface area contributed by atoms with Crippen LogP contribution in [0.3, 0.4) is 0 Å². The van der Waals surface area contributed by atoms with E-state index in [0.29, 0.717) is 11.5 Å². The second-order valence-electron chi connectivity index (χ2n) is 5.25. The van der Waals surface area contributed by atoms with Gasteiger partial charge in [-0.15, -0.1) is 0 Å². The van der Waals surface area contributed by atoms with E-state index in [1.807, 2.05) is 11.8 Å². The van der Waals surface area contributed by atoms with E-state index < -0.39 is 0 Å². The number of nitrogens with two attached hydrogens (primary N) is 1. The van der Waals surface area contributed by atoms with E-state index >= 15 is 0 Å². The summed E-state index contributed by atoms with van der Waals surface area (Å²) in [7, 11) is 2.25. The summed E-state index contributed by atoms with van der Waals surface area (Å²) in [6, 6.07) is 0.677. The second kappa shape index (κ2) is 7.62. The predicted molar refractivity (Wildman–Crippen MR) is 76.6 cm³/mol. The first-order valence-corrected chi connectivity index (χ1v) is 8.04. The van der Waals surface area contributed by atoms with Gasteiger partial charge in [0.25, 0.3) is 0 Å². The molecule has 17 heavy (non-hydrogen) atoms. The molecular weight excluding hydrogens is 232 g/mol. The highest BCUT2D eigenvalue weighted by molar-refractivity contribution is 7.98. The van der Waals surface area contributed by atoms with Gasteiger partial charge in [0.2, 0.25) is 0 Å². The molecule has 1 aliphatic rings. The van der Waals surface area contributed by atoms with Crippen molar-refractivity contribution in [2.45, 2.75) is 32.2 Å². The average Bonchev–Trinajstić information content (AvgIpc) is 2.36. The molecule has 0 aliphatic carbocycles. The van der Waals surface area contributed by atoms with E-state index in [0.717, 1.165) is 39.1 Å². The Hall–Kier alpha value is 0.230. The quantitative estimate of drug-likeness (QED) is 0.758. The van der Waals surface area contributed by atoms with Gasteiger partial charge in [0.05, 0.1) is 0 Å². The number of hydrogen-bond acceptors (Lipinski definition) is 4. The third-order valence-corrected chi connectivity index (χ3v) is 4.74. The Bertz CT molecular complexity index is 208. The zero-order chi connectivity index (χ0) is 12.7. The van der Waals surface area contributed by atoms with Crippen LogP contribution < -0.4 is 5.73 Å². The molecule has 0 aromatic rings. The fourth-order valence-corrected chi connectivity index (χ4v) is 3.51. The molecule has 1 unspecified atom stereocenters. The van der Waals surface area contributed by atoms with Gasteiger partial charge in [-0.3, -0.25) is 0 Å². The molecule has 1 heterocycles. The normalized spacial score (nSPS) is 21.7. The van der Waals surface area contributed by atoms with Crippen LogP contribution in [0.15, 0.2) is 0 Å². The largest absolute Gasteiger partial charge is 0.381 e. The molecule has 3 nitrogen and oxygen atoms in total. The van der Waals surface area contributed by atoms with Gasteiger partial charge < -0.3 is 15.4 Å². The van der Waals surface area contributed by atoms with Crippen molar-refractivity contribution in [1.82, 2.24) is 4.90 Å². The summed E-state index contributed by atoms with van der Waals surface area (Å²) in [4.78, 5) is 2.51. The van der Waals surface area contributed by atoms with Gasteiger partial charge in [-0.2, -0.15) is 11.8 Å². The molecule has 1 atom stereocenters. The molecule has 2 N–H and O–H groups in total. The van der Waals surface area contributed by atoms with Crippen molar-refractivity contribution < 1.29 is 4.74 Å². The van der Waals surface area contributed by atoms with E-state index in [1.54, 1.807) is 0 Å². The lowest BCUT2D eigenvalue weighted by atomic mass is 9.79. The fraction of sp³-hybridized carbons (Fsp3) is 1.00. The van der Waals surface area contributed by atoms with E-state index in [4.69, 9.17) is 10.5 Å². The highest BCUT2D eigenvalue weighted by Gasteiger charge is 2.33. The average molecular weight is 260 g/mol. The molecular formula is C13H28N2OS. The standard InChI is InChI=1S/C13H28N2OS/c1-4-12(9-17-3)15(2)11-13(10-14)5-7-16-8-6-13/h12H,4-11,14H2,1-3H3. The van der Waals surface area contributed by atoms with Crippen molar-refractivity contribution in [3.63, 3.8) is 0 Å². The molecule has 1 saturated heterocycles. The third-order valence-electron chi connectivity index (χ3n) is 4.02. The minimum atomic E-state index is 0.291. The number of ether oxygens (including phenoxy) is 1. The van der Waals surface area contributed by atoms with Crippen LogP contribution in [-0.2, 0) is 4.74 Å². The molecule has 1 aliphatic heterocycles. The van der Waals surface area contributed by atoms with Crippen LogP contribution in [0.2, 0.25) is 0 Å². The lowest BCUT2D eigenvalue weighted by Gasteiger charge is -2.41. The summed E-state index contributed by atoms with van der Waals surface area (Å²) in [6.45, 7) is 5.94. The number of rotatable bonds is 7. The Morgan fingerprint density at radius 1 is 1.41 bits per heavy atom. The summed E-state index contributed by atoms with van der Waals surface area (Å²) >= 11 is 1.93. The number of thioether (sulfide) groups is 1. The SMILES string of the molecule is CCC(CSC)N(C)CC1(CN)CCOCC1. The maximum Gasteiger partial charge on any atom is 0.0472 e. The monoisotopic (exact) mass is 260 g/mol. The van der Waals surface area contributed by atoms with Crippen LogP contribution in [-0.4, -0.2) is 56.3 Å². The van der Waals surface area contributed by atoms with Gasteiger partial charge in [0.1, 0.15) is 0 Å². The Morgan fingerprint density at radius 3 is 2.53 bits per heavy atom. The Labute approximate surface area is 110 Å². The van der Waals surface area contributed by atoms with Crippen molar-refractivity contribution in [3.05, 3.63) is 0 Å². The highest BCUT2D eigenvalue weighted by Crippen LogP contribution is 2.31. The van der Waals surface area contributed by atoms with Crippen molar-refractivity contribution in [1.29, 1.82) is 0 Å². The molecule has 0 saturated carbocycles. The molecule has 1 fully saturated rings. The van der Waals surface area contributed by atoms with Crippen LogP contribution in [0, 0.1) is 5.41 Å². The predicted octanol–water partition coefficient (Wildman–Crippen LogP) is 1.82. The first-order valence-electron chi connectivity index (χ1n) is 6.64. The summed E-state index contributed by atoms with van der Waals surface area (Å²) in [5.41, 5.74) is 6.31. The molecule has 102 valence electrons. The Balaban J connectivity index is 2.53. The molecule has 4 heteroatoms. The second-order valence-corrected chi connectivity index (χ2v) is 6.16. The van der Waals surface area contributed by atoms with Crippen LogP contribution in [0.4, 0.5) is 0 Å². The van der Waals surface area contributed by atoms with E-state index in [1.165, 1.54) is 12.2 Å². The van der Waals surface area contributed by atoms with Gasteiger partial charge >= 0.3 is 0 Å². The molecule has 0 aromatic heterocycles. The fourth-order valence-electron chi connectivity index (χ4n) is 2.64. The van der Waals surface area contributed by atoms with Crippen LogP contribution in [0.1, 0.15) is 26.2 Å². The Morgan fingerprint density at radius 2 is 2.06 bits per heavy atom. The zero-order valence-electron chi connectivity index (χ0n) is 11.6. The van der Waals surface area contributed by atoms with E-state index in [-0.39, 0.29) is 0 Å². The lowest BCUT2D eigenvalue weighted by Crippen LogP contribution is -2.48. The van der Waals surface area contributed by atoms with Gasteiger partial charge in [-0.25, -0.2) is 0 Å². The maximum atomic E-state index is 6.01. The number of nitrogens with zero attached hydrogens (tertiary/aromatic N) is 1. The number of hydrogen-bond donors (Lipinski definition) is 1. The van der Waals surface area contributed by atoms with Crippen LogP contribution in [0.25, 0.3) is 0 Å². The van der Waals surface area contributed by atoms with Crippen molar-refractivity contribution in [3.8, 4) is 0 Å². The molecule has 0 bridgehead atoms. The van der Waals surface area contributed by atoms with Crippen LogP contribution in [0.5, 0.6) is 0 Å². The third kappa shape index (κ3) is 4.43. The van der Waals surface area contributed by atoms with Gasteiger partial charge in [-0.1, -0.05) is 6.92 Å². The molecule has 0 amide bonds. The highest BCUT2D eigenvalue weighted by atomic mass is 32.2. The first kappa shape index (κ1) is 15.3. The summed E-state index contributed by atoms with van der Waals surface area (Å²) < 4.78 is 5.46. The maximum absolute atomic E-state index is 6.01. The van der Waals surface area contributed by atoms with Crippen molar-refractivity contribution >= 4 is 11.8 Å². The molecule has 0 aromatic carbocycles. The minimum Gasteiger partial charge on any atom is -0.381 e. The summed E-state index contributed by atoms with van der Waals surface area (Å²) in [5, 5.41) is 0. The zero-order valence-corrected chi connectivity index (χ0v) is 12.4. The van der Waals surface area contributed by atoms with Crippen molar-refractivity contribution in [2.75, 3.05) is 45.4 Å². The van der Waals surface area contributed by atoms with E-state index in [9.17, 15) is 0 Å². The van der Waals surface area contributed by atoms with Gasteiger partial charge in [0, 0.05) is 31.6 Å². The molecule has 0 radical (unpaired) electrons. The van der Waals surface area contributed by atoms with E-state index in [2.05, 4.69) is 25.1 Å². The molecule has 0 spiro atoms. The van der Waals surface area contributed by atoms with Crippen molar-refractivity contribution in [2.24, 2.45) is 11.1 Å². The summed E-state index contributed by atoms with van der Waals surface area (Å²) in [6.07, 6.45) is 5.63. The Kier molecular flexibility index (Phi) is 6.85. The smallest absolute Gasteiger partial charge is 0.0472 e. The van der Waals surface area contributed by atoms with Gasteiger partial charge in [0.15, 0.2) is 0 Å². The summed E-state index contributed by atoms with van der Waals surface area (Å²) in [5.74, 6) is 1.21. The van der Waals surface area contributed by atoms with Gasteiger partial charge in [-0.05, 0) is 44.5 Å². The molecule has 1 rings (SSSR count).